The molecule has 1 rings (SSSR count). The van der Waals surface area contributed by atoms with Gasteiger partial charge >= 0.3 is 0 Å². The van der Waals surface area contributed by atoms with Crippen molar-refractivity contribution in [1.82, 2.24) is 5.32 Å². The number of aliphatic hydroxyl groups is 1. The molecule has 1 unspecified atom stereocenters. The first-order valence-electron chi connectivity index (χ1n) is 5.72. The van der Waals surface area contributed by atoms with E-state index in [2.05, 4.69) is 5.32 Å². The largest absolute Gasteiger partial charge is 0.384 e. The zero-order chi connectivity index (χ0) is 13.1. The van der Waals surface area contributed by atoms with Gasteiger partial charge < -0.3 is 10.4 Å². The fourth-order valence-electron chi connectivity index (χ4n) is 1.70. The van der Waals surface area contributed by atoms with Gasteiger partial charge in [-0.2, -0.15) is 0 Å². The molecule has 0 fully saturated rings. The highest BCUT2D eigenvalue weighted by atomic mass is 19.1. The number of nitrogens with one attached hydrogen (secondary N) is 1. The first-order valence-corrected chi connectivity index (χ1v) is 5.72. The monoisotopic (exact) mass is 243 g/mol. The summed E-state index contributed by atoms with van der Waals surface area (Å²) >= 11 is 0. The van der Waals surface area contributed by atoms with E-state index in [1.165, 1.54) is 13.0 Å². The molecule has 0 aliphatic heterocycles. The average Bonchev–Trinajstić information content (AvgIpc) is 2.15. The summed E-state index contributed by atoms with van der Waals surface area (Å²) < 4.78 is 27.0. The van der Waals surface area contributed by atoms with E-state index in [9.17, 15) is 13.9 Å². The predicted octanol–water partition coefficient (Wildman–Crippen LogP) is 2.42. The van der Waals surface area contributed by atoms with Crippen LogP contribution in [0.25, 0.3) is 0 Å². The molecule has 0 aliphatic carbocycles. The molecule has 0 spiro atoms. The second kappa shape index (κ2) is 5.56. The van der Waals surface area contributed by atoms with Gasteiger partial charge in [-0.05, 0) is 31.5 Å². The minimum Gasteiger partial charge on any atom is -0.384 e. The van der Waals surface area contributed by atoms with Crippen molar-refractivity contribution in [3.05, 3.63) is 35.4 Å². The van der Waals surface area contributed by atoms with Crippen LogP contribution in [0.5, 0.6) is 0 Å². The van der Waals surface area contributed by atoms with Crippen molar-refractivity contribution < 1.29 is 13.9 Å². The summed E-state index contributed by atoms with van der Waals surface area (Å²) in [5.74, 6) is -1.03. The van der Waals surface area contributed by atoms with Gasteiger partial charge in [0.1, 0.15) is 17.2 Å². The van der Waals surface area contributed by atoms with Gasteiger partial charge in [0, 0.05) is 6.54 Å². The van der Waals surface area contributed by atoms with Crippen LogP contribution in [0, 0.1) is 17.6 Å². The molecule has 17 heavy (non-hydrogen) atoms. The fraction of sp³-hybridized carbons (Fsp3) is 0.538. The molecule has 2 nitrogen and oxygen atoms in total. The van der Waals surface area contributed by atoms with Gasteiger partial charge in [-0.1, -0.05) is 19.9 Å². The number of hydrogen-bond acceptors (Lipinski definition) is 2. The van der Waals surface area contributed by atoms with Gasteiger partial charge in [-0.3, -0.25) is 0 Å². The molecule has 4 heteroatoms. The summed E-state index contributed by atoms with van der Waals surface area (Å²) in [6.45, 7) is 6.24. The van der Waals surface area contributed by atoms with Crippen LogP contribution in [0.4, 0.5) is 8.78 Å². The fourth-order valence-corrected chi connectivity index (χ4v) is 1.70. The van der Waals surface area contributed by atoms with Crippen molar-refractivity contribution in [2.75, 3.05) is 13.1 Å². The molecule has 0 aromatic heterocycles. The zero-order valence-corrected chi connectivity index (χ0v) is 10.4. The van der Waals surface area contributed by atoms with Crippen LogP contribution >= 0.6 is 0 Å². The van der Waals surface area contributed by atoms with E-state index in [0.717, 1.165) is 12.1 Å². The van der Waals surface area contributed by atoms with Crippen molar-refractivity contribution in [3.8, 4) is 0 Å². The lowest BCUT2D eigenvalue weighted by Crippen LogP contribution is -2.38. The zero-order valence-electron chi connectivity index (χ0n) is 10.4. The Morgan fingerprint density at radius 2 is 1.82 bits per heavy atom. The molecule has 0 radical (unpaired) electrons. The van der Waals surface area contributed by atoms with E-state index in [1.807, 2.05) is 13.8 Å². The summed E-state index contributed by atoms with van der Waals surface area (Å²) in [5.41, 5.74) is -1.83. The van der Waals surface area contributed by atoms with Crippen LogP contribution in [0.1, 0.15) is 26.3 Å². The Labute approximate surface area is 101 Å². The SMILES string of the molecule is CC(C)CNCC(C)(O)c1c(F)cccc1F. The van der Waals surface area contributed by atoms with E-state index in [1.54, 1.807) is 0 Å². The van der Waals surface area contributed by atoms with Crippen LogP contribution < -0.4 is 5.32 Å². The lowest BCUT2D eigenvalue weighted by molar-refractivity contribution is 0.0487. The summed E-state index contributed by atoms with van der Waals surface area (Å²) in [6, 6.07) is 3.58. The molecule has 0 amide bonds. The highest BCUT2D eigenvalue weighted by molar-refractivity contribution is 5.26. The number of rotatable bonds is 5. The van der Waals surface area contributed by atoms with Crippen molar-refractivity contribution in [2.45, 2.75) is 26.4 Å². The quantitative estimate of drug-likeness (QED) is 0.832. The Hall–Kier alpha value is -1.00. The Morgan fingerprint density at radius 3 is 2.29 bits per heavy atom. The average molecular weight is 243 g/mol. The Balaban J connectivity index is 2.82. The van der Waals surface area contributed by atoms with Crippen molar-refractivity contribution in [3.63, 3.8) is 0 Å². The van der Waals surface area contributed by atoms with Crippen molar-refractivity contribution >= 4 is 0 Å². The third kappa shape index (κ3) is 3.75. The summed E-state index contributed by atoms with van der Waals surface area (Å²) in [5, 5.41) is 13.1. The molecule has 96 valence electrons. The molecule has 0 heterocycles. The third-order valence-electron chi connectivity index (χ3n) is 2.52. The summed E-state index contributed by atoms with van der Waals surface area (Å²) in [7, 11) is 0. The molecule has 0 bridgehead atoms. The first-order chi connectivity index (χ1) is 7.84. The lowest BCUT2D eigenvalue weighted by atomic mass is 9.94. The maximum absolute atomic E-state index is 13.5. The smallest absolute Gasteiger partial charge is 0.132 e. The van der Waals surface area contributed by atoms with Gasteiger partial charge in [0.15, 0.2) is 0 Å². The highest BCUT2D eigenvalue weighted by Gasteiger charge is 2.29. The van der Waals surface area contributed by atoms with Crippen LogP contribution in [0.2, 0.25) is 0 Å². The molecule has 0 aliphatic rings. The van der Waals surface area contributed by atoms with Crippen LogP contribution in [-0.4, -0.2) is 18.2 Å². The van der Waals surface area contributed by atoms with E-state index < -0.39 is 17.2 Å². The van der Waals surface area contributed by atoms with Gasteiger partial charge in [0.2, 0.25) is 0 Å². The van der Waals surface area contributed by atoms with Crippen LogP contribution in [0.3, 0.4) is 0 Å². The molecule has 1 atom stereocenters. The van der Waals surface area contributed by atoms with Gasteiger partial charge in [0.05, 0.1) is 5.56 Å². The second-order valence-corrected chi connectivity index (χ2v) is 4.90. The molecule has 0 saturated carbocycles. The molecular formula is C13H19F2NO. The first kappa shape index (κ1) is 14.1. The van der Waals surface area contributed by atoms with Crippen molar-refractivity contribution in [2.24, 2.45) is 5.92 Å². The van der Waals surface area contributed by atoms with E-state index in [0.29, 0.717) is 12.5 Å². The number of hydrogen-bond donors (Lipinski definition) is 2. The van der Waals surface area contributed by atoms with Gasteiger partial charge in [-0.25, -0.2) is 8.78 Å². The Kier molecular flexibility index (Phi) is 4.60. The minimum atomic E-state index is -1.55. The standard InChI is InChI=1S/C13H19F2NO/c1-9(2)7-16-8-13(3,17)12-10(14)5-4-6-11(12)15/h4-6,9,16-17H,7-8H2,1-3H3. The Bertz CT molecular complexity index is 357. The topological polar surface area (TPSA) is 32.3 Å². The normalized spacial score (nSPS) is 15.0. The molecule has 0 saturated heterocycles. The second-order valence-electron chi connectivity index (χ2n) is 4.90. The van der Waals surface area contributed by atoms with Gasteiger partial charge in [0.25, 0.3) is 0 Å². The maximum atomic E-state index is 13.5. The van der Waals surface area contributed by atoms with Gasteiger partial charge in [-0.15, -0.1) is 0 Å². The third-order valence-corrected chi connectivity index (χ3v) is 2.52. The van der Waals surface area contributed by atoms with E-state index in [4.69, 9.17) is 0 Å². The van der Waals surface area contributed by atoms with E-state index in [-0.39, 0.29) is 12.1 Å². The summed E-state index contributed by atoms with van der Waals surface area (Å²) in [6.07, 6.45) is 0. The lowest BCUT2D eigenvalue weighted by Gasteiger charge is -2.25. The summed E-state index contributed by atoms with van der Waals surface area (Å²) in [4.78, 5) is 0. The van der Waals surface area contributed by atoms with E-state index >= 15 is 0 Å². The minimum absolute atomic E-state index is 0.114. The predicted molar refractivity (Wildman–Crippen MR) is 63.6 cm³/mol. The molecular weight excluding hydrogens is 224 g/mol. The maximum Gasteiger partial charge on any atom is 0.132 e. The number of halogens is 2. The molecule has 1 aromatic carbocycles. The molecule has 2 N–H and O–H groups in total. The van der Waals surface area contributed by atoms with Crippen molar-refractivity contribution in [1.29, 1.82) is 0 Å². The number of benzene rings is 1. The van der Waals surface area contributed by atoms with Crippen LogP contribution in [0.15, 0.2) is 18.2 Å². The Morgan fingerprint density at radius 1 is 1.29 bits per heavy atom. The highest BCUT2D eigenvalue weighted by Crippen LogP contribution is 2.25. The molecule has 1 aromatic rings. The van der Waals surface area contributed by atoms with Crippen LogP contribution in [-0.2, 0) is 5.60 Å².